The summed E-state index contributed by atoms with van der Waals surface area (Å²) in [5.41, 5.74) is 1.03. The number of carboxylic acids is 1. The van der Waals surface area contributed by atoms with Gasteiger partial charge < -0.3 is 19.5 Å². The van der Waals surface area contributed by atoms with E-state index in [9.17, 15) is 18.0 Å². The molecule has 1 amide bonds. The Morgan fingerprint density at radius 1 is 1.12 bits per heavy atom. The molecule has 3 aliphatic rings. The maximum atomic E-state index is 12.4. The van der Waals surface area contributed by atoms with E-state index in [-0.39, 0.29) is 11.5 Å². The normalized spacial score (nSPS) is 23.1. The van der Waals surface area contributed by atoms with Gasteiger partial charge in [0.05, 0.1) is 39.3 Å². The minimum Gasteiger partial charge on any atom is -0.475 e. The maximum Gasteiger partial charge on any atom is 0.490 e. The Morgan fingerprint density at radius 2 is 1.75 bits per heavy atom. The van der Waals surface area contributed by atoms with Gasteiger partial charge >= 0.3 is 12.1 Å². The van der Waals surface area contributed by atoms with Crippen LogP contribution in [0.25, 0.3) is 0 Å². The highest BCUT2D eigenvalue weighted by Crippen LogP contribution is 2.36. The van der Waals surface area contributed by atoms with Gasteiger partial charge in [-0.1, -0.05) is 30.3 Å². The van der Waals surface area contributed by atoms with E-state index in [2.05, 4.69) is 4.90 Å². The van der Waals surface area contributed by atoms with Crippen LogP contribution in [-0.4, -0.2) is 91.1 Å². The molecule has 3 aliphatic heterocycles. The van der Waals surface area contributed by atoms with Crippen LogP contribution in [0.3, 0.4) is 0 Å². The first-order chi connectivity index (χ1) is 15.2. The van der Waals surface area contributed by atoms with Gasteiger partial charge in [-0.15, -0.1) is 0 Å². The predicted octanol–water partition coefficient (Wildman–Crippen LogP) is 2.20. The molecule has 0 bridgehead atoms. The second-order valence-electron chi connectivity index (χ2n) is 8.53. The fraction of sp³-hybridized carbons (Fsp3) is 0.636. The first kappa shape index (κ1) is 24.5. The molecule has 0 aromatic heterocycles. The van der Waals surface area contributed by atoms with Crippen LogP contribution >= 0.6 is 0 Å². The Kier molecular flexibility index (Phi) is 8.13. The number of carbonyl (C=O) groups is 2. The number of benzene rings is 1. The van der Waals surface area contributed by atoms with Gasteiger partial charge in [0, 0.05) is 19.6 Å². The molecule has 0 radical (unpaired) electrons. The number of alkyl halides is 3. The summed E-state index contributed by atoms with van der Waals surface area (Å²) >= 11 is 0. The molecule has 3 saturated heterocycles. The summed E-state index contributed by atoms with van der Waals surface area (Å²) in [6.07, 6.45) is -2.30. The number of amides is 1. The fourth-order valence-electron chi connectivity index (χ4n) is 4.17. The number of halogens is 3. The number of aliphatic carboxylic acids is 1. The zero-order valence-electron chi connectivity index (χ0n) is 17.9. The first-order valence-corrected chi connectivity index (χ1v) is 10.7. The largest absolute Gasteiger partial charge is 0.490 e. The number of carbonyl (C=O) groups excluding carboxylic acids is 1. The zero-order chi connectivity index (χ0) is 23.2. The molecular weight excluding hydrogens is 429 g/mol. The first-order valence-electron chi connectivity index (χ1n) is 10.7. The molecule has 1 unspecified atom stereocenters. The second kappa shape index (κ2) is 10.6. The highest BCUT2D eigenvalue weighted by atomic mass is 19.4. The monoisotopic (exact) mass is 458 g/mol. The van der Waals surface area contributed by atoms with Crippen molar-refractivity contribution in [2.75, 3.05) is 52.5 Å². The van der Waals surface area contributed by atoms with Crippen molar-refractivity contribution in [1.29, 1.82) is 0 Å². The lowest BCUT2D eigenvalue weighted by atomic mass is 9.82. The Morgan fingerprint density at radius 3 is 2.28 bits per heavy atom. The summed E-state index contributed by atoms with van der Waals surface area (Å²) in [6, 6.07) is 9.98. The minimum absolute atomic E-state index is 0.0616. The van der Waals surface area contributed by atoms with Crippen LogP contribution in [-0.2, 0) is 25.5 Å². The number of ether oxygens (including phenoxy) is 2. The average Bonchev–Trinajstić information content (AvgIpc) is 2.74. The molecule has 178 valence electrons. The van der Waals surface area contributed by atoms with Crippen molar-refractivity contribution < 1.29 is 37.3 Å². The predicted molar refractivity (Wildman–Crippen MR) is 109 cm³/mol. The number of hydrogen-bond acceptors (Lipinski definition) is 5. The molecule has 1 N–H and O–H groups in total. The van der Waals surface area contributed by atoms with Crippen LogP contribution in [0, 0.1) is 5.92 Å². The van der Waals surface area contributed by atoms with Crippen molar-refractivity contribution in [3.05, 3.63) is 35.9 Å². The van der Waals surface area contributed by atoms with Crippen LogP contribution in [0.1, 0.15) is 18.4 Å². The smallest absolute Gasteiger partial charge is 0.475 e. The Hall–Kier alpha value is -2.17. The molecule has 0 saturated carbocycles. The van der Waals surface area contributed by atoms with Gasteiger partial charge in [-0.3, -0.25) is 9.69 Å². The number of rotatable bonds is 4. The fourth-order valence-corrected chi connectivity index (χ4v) is 4.17. The highest BCUT2D eigenvalue weighted by Gasteiger charge is 2.48. The molecule has 7 nitrogen and oxygen atoms in total. The molecule has 3 fully saturated rings. The maximum absolute atomic E-state index is 12.4. The van der Waals surface area contributed by atoms with Gasteiger partial charge in [0.1, 0.15) is 5.60 Å². The third-order valence-corrected chi connectivity index (χ3v) is 6.00. The van der Waals surface area contributed by atoms with Crippen LogP contribution < -0.4 is 0 Å². The Balaban J connectivity index is 0.000000360. The Bertz CT molecular complexity index is 753. The number of carboxylic acid groups (broad SMARTS) is 1. The van der Waals surface area contributed by atoms with Crippen molar-refractivity contribution in [3.8, 4) is 0 Å². The van der Waals surface area contributed by atoms with Crippen LogP contribution in [0.5, 0.6) is 0 Å². The number of likely N-dealkylation sites (tertiary alicyclic amines) is 1. The van der Waals surface area contributed by atoms with Gasteiger partial charge in [0.15, 0.2) is 0 Å². The van der Waals surface area contributed by atoms with E-state index < -0.39 is 12.1 Å². The summed E-state index contributed by atoms with van der Waals surface area (Å²) in [7, 11) is 0. The van der Waals surface area contributed by atoms with Crippen molar-refractivity contribution in [3.63, 3.8) is 0 Å². The van der Waals surface area contributed by atoms with E-state index in [1.54, 1.807) is 0 Å². The molecule has 1 aromatic carbocycles. The molecule has 1 atom stereocenters. The second-order valence-corrected chi connectivity index (χ2v) is 8.53. The van der Waals surface area contributed by atoms with Gasteiger partial charge in [0.2, 0.25) is 5.91 Å². The van der Waals surface area contributed by atoms with Crippen molar-refractivity contribution in [2.45, 2.75) is 31.0 Å². The van der Waals surface area contributed by atoms with Gasteiger partial charge in [-0.05, 0) is 24.3 Å². The van der Waals surface area contributed by atoms with E-state index in [4.69, 9.17) is 19.4 Å². The summed E-state index contributed by atoms with van der Waals surface area (Å²) in [5.74, 6) is -1.92. The van der Waals surface area contributed by atoms with E-state index in [0.717, 1.165) is 64.5 Å². The average molecular weight is 458 g/mol. The number of hydrogen-bond donors (Lipinski definition) is 1. The molecule has 0 aliphatic carbocycles. The topological polar surface area (TPSA) is 79.3 Å². The van der Waals surface area contributed by atoms with Crippen molar-refractivity contribution >= 4 is 11.9 Å². The molecule has 3 heterocycles. The molecule has 32 heavy (non-hydrogen) atoms. The lowest BCUT2D eigenvalue weighted by molar-refractivity contribution is -0.192. The minimum atomic E-state index is -5.08. The lowest BCUT2D eigenvalue weighted by Crippen LogP contribution is -2.66. The van der Waals surface area contributed by atoms with Crippen LogP contribution in [0.2, 0.25) is 0 Å². The standard InChI is InChI=1S/C20H28N2O3.C2HF3O2/c23-19(12-17-4-2-1-3-5-17)22-15-20(16-22)7-6-18(14-25-20)13-21-8-10-24-11-9-21;3-2(4,5)1(6)7/h1-5,18H,6-16H2;(H,6,7). The van der Waals surface area contributed by atoms with Crippen molar-refractivity contribution in [1.82, 2.24) is 9.80 Å². The molecular formula is C22H29F3N2O5. The third kappa shape index (κ3) is 6.91. The van der Waals surface area contributed by atoms with Crippen LogP contribution in [0.15, 0.2) is 30.3 Å². The molecule has 1 spiro atoms. The SMILES string of the molecule is O=C(Cc1ccccc1)N1CC2(CCC(CN3CCOCC3)CO2)C1.O=C(O)C(F)(F)F. The Labute approximate surface area is 185 Å². The quantitative estimate of drug-likeness (QED) is 0.746. The number of morpholine rings is 1. The van der Waals surface area contributed by atoms with E-state index in [0.29, 0.717) is 12.3 Å². The third-order valence-electron chi connectivity index (χ3n) is 6.00. The van der Waals surface area contributed by atoms with E-state index in [1.165, 1.54) is 6.42 Å². The summed E-state index contributed by atoms with van der Waals surface area (Å²) in [6.45, 7) is 7.29. The summed E-state index contributed by atoms with van der Waals surface area (Å²) in [4.78, 5) is 25.7. The molecule has 4 rings (SSSR count). The number of nitrogens with zero attached hydrogens (tertiary/aromatic N) is 2. The lowest BCUT2D eigenvalue weighted by Gasteiger charge is -2.53. The van der Waals surface area contributed by atoms with Crippen LogP contribution in [0.4, 0.5) is 13.2 Å². The highest BCUT2D eigenvalue weighted by molar-refractivity contribution is 5.80. The molecule has 1 aromatic rings. The van der Waals surface area contributed by atoms with E-state index in [1.807, 2.05) is 35.2 Å². The zero-order valence-corrected chi connectivity index (χ0v) is 17.9. The summed E-state index contributed by atoms with van der Waals surface area (Å²) < 4.78 is 43.4. The molecule has 10 heteroatoms. The van der Waals surface area contributed by atoms with E-state index >= 15 is 0 Å². The van der Waals surface area contributed by atoms with Crippen molar-refractivity contribution in [2.24, 2.45) is 5.92 Å². The summed E-state index contributed by atoms with van der Waals surface area (Å²) in [5, 5.41) is 7.12. The van der Waals surface area contributed by atoms with Gasteiger partial charge in [-0.2, -0.15) is 13.2 Å². The van der Waals surface area contributed by atoms with Gasteiger partial charge in [-0.25, -0.2) is 4.79 Å². The van der Waals surface area contributed by atoms with Gasteiger partial charge in [0.25, 0.3) is 0 Å².